The first-order valence-electron chi connectivity index (χ1n) is 5.32. The molecule has 0 aliphatic carbocycles. The van der Waals surface area contributed by atoms with Crippen LogP contribution in [0.4, 0.5) is 0 Å². The number of benzene rings is 1. The number of alkyl halides is 1. The number of carbonyl (C=O) groups is 1. The summed E-state index contributed by atoms with van der Waals surface area (Å²) in [6.07, 6.45) is -2.33. The predicted octanol–water partition coefficient (Wildman–Crippen LogP) is 1.66. The molecule has 5 nitrogen and oxygen atoms in total. The summed E-state index contributed by atoms with van der Waals surface area (Å²) < 4.78 is 0. The number of hydrogen-bond acceptors (Lipinski definition) is 3. The molecule has 0 fully saturated rings. The molecule has 2 unspecified atom stereocenters. The van der Waals surface area contributed by atoms with Crippen molar-refractivity contribution in [3.8, 4) is 0 Å². The maximum Gasteiger partial charge on any atom is 0.352 e. The summed E-state index contributed by atoms with van der Waals surface area (Å²) in [6.45, 7) is 0. The summed E-state index contributed by atoms with van der Waals surface area (Å²) >= 11 is 3.06. The molecule has 0 radical (unpaired) electrons. The summed E-state index contributed by atoms with van der Waals surface area (Å²) in [5.41, 5.74) is 0.736. The van der Waals surface area contributed by atoms with Crippen LogP contribution in [0.3, 0.4) is 0 Å². The Hall–Kier alpha value is -1.37. The normalized spacial score (nSPS) is 14.6. The molecule has 96 valence electrons. The van der Waals surface area contributed by atoms with Gasteiger partial charge in [0.2, 0.25) is 0 Å². The Balaban J connectivity index is 2.65. The highest BCUT2D eigenvalue weighted by atomic mass is 79.9. The molecule has 1 aromatic carbocycles. The van der Waals surface area contributed by atoms with Gasteiger partial charge in [0.25, 0.3) is 0 Å². The number of aliphatic hydroxyl groups excluding tert-OH is 2. The van der Waals surface area contributed by atoms with Crippen LogP contribution < -0.4 is 0 Å². The predicted molar refractivity (Wildman–Crippen MR) is 70.0 cm³/mol. The molecule has 18 heavy (non-hydrogen) atoms. The molecule has 2 rings (SSSR count). The first-order chi connectivity index (χ1) is 8.56. The van der Waals surface area contributed by atoms with E-state index < -0.39 is 18.2 Å². The summed E-state index contributed by atoms with van der Waals surface area (Å²) in [5.74, 6) is -1.16. The molecule has 0 bridgehead atoms. The van der Waals surface area contributed by atoms with E-state index in [9.17, 15) is 15.0 Å². The zero-order valence-corrected chi connectivity index (χ0v) is 10.9. The molecule has 4 N–H and O–H groups in total. The van der Waals surface area contributed by atoms with Gasteiger partial charge in [-0.15, -0.1) is 0 Å². The second-order valence-corrected chi connectivity index (χ2v) is 4.58. The second-order valence-electron chi connectivity index (χ2n) is 3.93. The third-order valence-corrected chi connectivity index (χ3v) is 3.44. The number of nitrogens with one attached hydrogen (secondary N) is 1. The molecule has 0 amide bonds. The van der Waals surface area contributed by atoms with E-state index in [1.807, 2.05) is 0 Å². The Labute approximate surface area is 111 Å². The number of aromatic amines is 1. The van der Waals surface area contributed by atoms with Gasteiger partial charge in [0, 0.05) is 21.8 Å². The monoisotopic (exact) mass is 313 g/mol. The Morgan fingerprint density at radius 2 is 2.00 bits per heavy atom. The number of aromatic nitrogens is 1. The van der Waals surface area contributed by atoms with Crippen LogP contribution in [0.1, 0.15) is 22.2 Å². The number of para-hydroxylation sites is 1. The van der Waals surface area contributed by atoms with E-state index in [2.05, 4.69) is 20.9 Å². The van der Waals surface area contributed by atoms with Gasteiger partial charge in [0.05, 0.1) is 6.10 Å². The van der Waals surface area contributed by atoms with E-state index in [-0.39, 0.29) is 16.6 Å². The van der Waals surface area contributed by atoms with E-state index in [4.69, 9.17) is 5.11 Å². The molecular weight excluding hydrogens is 302 g/mol. The average Bonchev–Trinajstić information content (AvgIpc) is 2.76. The smallest absolute Gasteiger partial charge is 0.352 e. The van der Waals surface area contributed by atoms with E-state index in [1.165, 1.54) is 0 Å². The second kappa shape index (κ2) is 5.09. The number of halogens is 1. The summed E-state index contributed by atoms with van der Waals surface area (Å²) in [6, 6.07) is 6.94. The van der Waals surface area contributed by atoms with Crippen molar-refractivity contribution in [1.29, 1.82) is 0 Å². The van der Waals surface area contributed by atoms with Gasteiger partial charge in [-0.25, -0.2) is 4.79 Å². The highest BCUT2D eigenvalue weighted by Gasteiger charge is 2.27. The number of H-pyrrole nitrogens is 1. The summed E-state index contributed by atoms with van der Waals surface area (Å²) in [7, 11) is 0. The number of carboxylic acid groups (broad SMARTS) is 1. The van der Waals surface area contributed by atoms with Gasteiger partial charge in [0.1, 0.15) is 11.8 Å². The highest BCUT2D eigenvalue weighted by Crippen LogP contribution is 2.30. The standard InChI is InChI=1S/C12H12BrNO4/c13-5-8(15)11(16)9-6-3-1-2-4-7(6)14-10(9)12(17)18/h1-4,8,11,14-16H,5H2,(H,17,18). The molecular formula is C12H12BrNO4. The van der Waals surface area contributed by atoms with Crippen molar-refractivity contribution in [2.24, 2.45) is 0 Å². The van der Waals surface area contributed by atoms with Crippen LogP contribution in [-0.4, -0.2) is 37.7 Å². The third kappa shape index (κ3) is 2.14. The lowest BCUT2D eigenvalue weighted by Crippen LogP contribution is -2.21. The number of carboxylic acids is 1. The molecule has 0 spiro atoms. The molecule has 1 heterocycles. The van der Waals surface area contributed by atoms with Crippen LogP contribution in [0.25, 0.3) is 10.9 Å². The van der Waals surface area contributed by atoms with Crippen molar-refractivity contribution in [3.05, 3.63) is 35.5 Å². The van der Waals surface area contributed by atoms with E-state index in [0.29, 0.717) is 10.9 Å². The minimum absolute atomic E-state index is 0.0938. The molecule has 0 aliphatic heterocycles. The van der Waals surface area contributed by atoms with Crippen molar-refractivity contribution >= 4 is 32.8 Å². The quantitative estimate of drug-likeness (QED) is 0.646. The lowest BCUT2D eigenvalue weighted by molar-refractivity contribution is 0.0336. The Bertz CT molecular complexity index is 580. The zero-order chi connectivity index (χ0) is 13.3. The summed E-state index contributed by atoms with van der Waals surface area (Å²) in [4.78, 5) is 13.9. The van der Waals surface area contributed by atoms with Gasteiger partial charge in [0.15, 0.2) is 0 Å². The lowest BCUT2D eigenvalue weighted by atomic mass is 10.0. The SMILES string of the molecule is O=C(O)c1[nH]c2ccccc2c1C(O)C(O)CBr. The Morgan fingerprint density at radius 1 is 1.33 bits per heavy atom. The zero-order valence-electron chi connectivity index (χ0n) is 9.30. The van der Waals surface area contributed by atoms with Gasteiger partial charge >= 0.3 is 5.97 Å². The number of rotatable bonds is 4. The number of hydrogen-bond donors (Lipinski definition) is 4. The fraction of sp³-hybridized carbons (Fsp3) is 0.250. The first kappa shape index (κ1) is 13.1. The van der Waals surface area contributed by atoms with Crippen LogP contribution in [-0.2, 0) is 0 Å². The van der Waals surface area contributed by atoms with Crippen LogP contribution in [0.5, 0.6) is 0 Å². The maximum absolute atomic E-state index is 11.2. The molecule has 2 aromatic rings. The molecule has 0 saturated carbocycles. The van der Waals surface area contributed by atoms with Crippen molar-refractivity contribution in [2.45, 2.75) is 12.2 Å². The van der Waals surface area contributed by atoms with Gasteiger partial charge in [-0.1, -0.05) is 34.1 Å². The largest absolute Gasteiger partial charge is 0.477 e. The van der Waals surface area contributed by atoms with E-state index in [1.54, 1.807) is 24.3 Å². The fourth-order valence-electron chi connectivity index (χ4n) is 1.92. The number of aliphatic hydroxyl groups is 2. The topological polar surface area (TPSA) is 93.5 Å². The maximum atomic E-state index is 11.2. The molecule has 6 heteroatoms. The van der Waals surface area contributed by atoms with Crippen molar-refractivity contribution < 1.29 is 20.1 Å². The first-order valence-corrected chi connectivity index (χ1v) is 6.44. The lowest BCUT2D eigenvalue weighted by Gasteiger charge is -2.15. The summed E-state index contributed by atoms with van der Waals surface area (Å²) in [5, 5.41) is 29.6. The number of fused-ring (bicyclic) bond motifs is 1. The van der Waals surface area contributed by atoms with Crippen molar-refractivity contribution in [1.82, 2.24) is 4.98 Å². The molecule has 2 atom stereocenters. The molecule has 0 aliphatic rings. The highest BCUT2D eigenvalue weighted by molar-refractivity contribution is 9.09. The Morgan fingerprint density at radius 3 is 2.61 bits per heavy atom. The minimum atomic E-state index is -1.26. The fourth-order valence-corrected chi connectivity index (χ4v) is 2.27. The van der Waals surface area contributed by atoms with Gasteiger partial charge < -0.3 is 20.3 Å². The Kier molecular flexibility index (Phi) is 3.70. The van der Waals surface area contributed by atoms with Crippen LogP contribution in [0.15, 0.2) is 24.3 Å². The van der Waals surface area contributed by atoms with Crippen molar-refractivity contribution in [2.75, 3.05) is 5.33 Å². The molecule has 0 saturated heterocycles. The van der Waals surface area contributed by atoms with E-state index >= 15 is 0 Å². The average molecular weight is 314 g/mol. The van der Waals surface area contributed by atoms with Crippen LogP contribution in [0.2, 0.25) is 0 Å². The third-order valence-electron chi connectivity index (χ3n) is 2.78. The number of aromatic carboxylic acids is 1. The molecule has 1 aromatic heterocycles. The minimum Gasteiger partial charge on any atom is -0.477 e. The van der Waals surface area contributed by atoms with Crippen LogP contribution in [0, 0.1) is 0 Å². The van der Waals surface area contributed by atoms with Gasteiger partial charge in [-0.2, -0.15) is 0 Å². The van der Waals surface area contributed by atoms with Crippen molar-refractivity contribution in [3.63, 3.8) is 0 Å². The van der Waals surface area contributed by atoms with Crippen LogP contribution >= 0.6 is 15.9 Å². The van der Waals surface area contributed by atoms with Gasteiger partial charge in [-0.3, -0.25) is 0 Å². The van der Waals surface area contributed by atoms with E-state index in [0.717, 1.165) is 0 Å². The van der Waals surface area contributed by atoms with Gasteiger partial charge in [-0.05, 0) is 6.07 Å².